The number of hydrogen-bond donors (Lipinski definition) is 1. The molecule has 2 N–H and O–H groups in total. The first-order chi connectivity index (χ1) is 9.17. The van der Waals surface area contributed by atoms with Crippen molar-refractivity contribution in [2.24, 2.45) is 5.73 Å². The molecule has 0 heterocycles. The second kappa shape index (κ2) is 7.63. The van der Waals surface area contributed by atoms with Gasteiger partial charge in [0, 0.05) is 19.6 Å². The van der Waals surface area contributed by atoms with Gasteiger partial charge in [-0.05, 0) is 24.6 Å². The molecule has 0 aromatic heterocycles. The van der Waals surface area contributed by atoms with Crippen LogP contribution in [0.5, 0.6) is 11.5 Å². The van der Waals surface area contributed by atoms with Crippen molar-refractivity contribution >= 4 is 5.91 Å². The van der Waals surface area contributed by atoms with Gasteiger partial charge in [0.25, 0.3) is 5.91 Å². The summed E-state index contributed by atoms with van der Waals surface area (Å²) in [5.74, 6) is 1.10. The number of ether oxygens (including phenoxy) is 2. The quantitative estimate of drug-likeness (QED) is 0.812. The van der Waals surface area contributed by atoms with Crippen molar-refractivity contribution in [1.29, 1.82) is 0 Å². The van der Waals surface area contributed by atoms with Crippen molar-refractivity contribution in [2.75, 3.05) is 33.9 Å². The van der Waals surface area contributed by atoms with Crippen LogP contribution in [0.1, 0.15) is 23.7 Å². The minimum atomic E-state index is -0.0805. The van der Waals surface area contributed by atoms with Gasteiger partial charge in [-0.25, -0.2) is 0 Å². The first-order valence-electron chi connectivity index (χ1n) is 6.39. The summed E-state index contributed by atoms with van der Waals surface area (Å²) in [4.78, 5) is 14.2. The highest BCUT2D eigenvalue weighted by atomic mass is 16.5. The Morgan fingerprint density at radius 3 is 2.53 bits per heavy atom. The smallest absolute Gasteiger partial charge is 0.257 e. The number of nitrogens with zero attached hydrogens (tertiary/aromatic N) is 1. The Hall–Kier alpha value is -1.75. The van der Waals surface area contributed by atoms with Gasteiger partial charge in [-0.15, -0.1) is 0 Å². The predicted molar refractivity (Wildman–Crippen MR) is 74.8 cm³/mol. The van der Waals surface area contributed by atoms with E-state index >= 15 is 0 Å². The first kappa shape index (κ1) is 15.3. The molecule has 5 heteroatoms. The van der Waals surface area contributed by atoms with Crippen molar-refractivity contribution < 1.29 is 14.3 Å². The largest absolute Gasteiger partial charge is 0.497 e. The van der Waals surface area contributed by atoms with E-state index in [0.29, 0.717) is 36.7 Å². The molecule has 0 aliphatic carbocycles. The van der Waals surface area contributed by atoms with Gasteiger partial charge in [0.1, 0.15) is 11.5 Å². The number of carbonyl (C=O) groups excluding carboxylic acids is 1. The Morgan fingerprint density at radius 2 is 2.00 bits per heavy atom. The highest BCUT2D eigenvalue weighted by Crippen LogP contribution is 2.25. The number of carbonyl (C=O) groups is 1. The maximum Gasteiger partial charge on any atom is 0.257 e. The first-order valence-corrected chi connectivity index (χ1v) is 6.39. The lowest BCUT2D eigenvalue weighted by molar-refractivity contribution is 0.0756. The topological polar surface area (TPSA) is 64.8 Å². The molecule has 19 heavy (non-hydrogen) atoms. The molecule has 1 aromatic carbocycles. The van der Waals surface area contributed by atoms with Crippen LogP contribution in [-0.2, 0) is 0 Å². The Morgan fingerprint density at radius 1 is 1.26 bits per heavy atom. The van der Waals surface area contributed by atoms with Crippen LogP contribution in [0, 0.1) is 0 Å². The number of hydrogen-bond acceptors (Lipinski definition) is 4. The van der Waals surface area contributed by atoms with Gasteiger partial charge in [-0.3, -0.25) is 4.79 Å². The second-order valence-corrected chi connectivity index (χ2v) is 4.15. The van der Waals surface area contributed by atoms with Crippen LogP contribution in [0.2, 0.25) is 0 Å². The molecule has 0 fully saturated rings. The van der Waals surface area contributed by atoms with E-state index in [1.807, 2.05) is 6.92 Å². The molecule has 0 saturated carbocycles. The van der Waals surface area contributed by atoms with Crippen LogP contribution in [0.4, 0.5) is 0 Å². The Kier molecular flexibility index (Phi) is 6.15. The number of nitrogens with two attached hydrogens (primary N) is 1. The summed E-state index contributed by atoms with van der Waals surface area (Å²) in [5, 5.41) is 0. The number of amides is 1. The summed E-state index contributed by atoms with van der Waals surface area (Å²) in [7, 11) is 3.12. The highest BCUT2D eigenvalue weighted by Gasteiger charge is 2.19. The molecule has 0 bridgehead atoms. The van der Waals surface area contributed by atoms with E-state index < -0.39 is 0 Å². The standard InChI is InChI=1S/C14H22N2O3/c1-4-8-16(9-7-15)14(17)12-10-11(18-2)5-6-13(12)19-3/h5-6,10H,4,7-9,15H2,1-3H3. The van der Waals surface area contributed by atoms with Gasteiger partial charge in [-0.2, -0.15) is 0 Å². The lowest BCUT2D eigenvalue weighted by Gasteiger charge is -2.22. The van der Waals surface area contributed by atoms with E-state index in [4.69, 9.17) is 15.2 Å². The van der Waals surface area contributed by atoms with Crippen molar-refractivity contribution in [3.63, 3.8) is 0 Å². The van der Waals surface area contributed by atoms with Crippen molar-refractivity contribution in [3.05, 3.63) is 23.8 Å². The minimum absolute atomic E-state index is 0.0805. The third kappa shape index (κ3) is 3.86. The van der Waals surface area contributed by atoms with Crippen LogP contribution in [0.15, 0.2) is 18.2 Å². The summed E-state index contributed by atoms with van der Waals surface area (Å²) in [6.45, 7) is 3.68. The van der Waals surface area contributed by atoms with Crippen molar-refractivity contribution in [2.45, 2.75) is 13.3 Å². The zero-order valence-electron chi connectivity index (χ0n) is 11.8. The van der Waals surface area contributed by atoms with Gasteiger partial charge in [0.15, 0.2) is 0 Å². The van der Waals surface area contributed by atoms with E-state index in [9.17, 15) is 4.79 Å². The summed E-state index contributed by atoms with van der Waals surface area (Å²) in [5.41, 5.74) is 6.06. The lowest BCUT2D eigenvalue weighted by Crippen LogP contribution is -2.36. The SMILES string of the molecule is CCCN(CCN)C(=O)c1cc(OC)ccc1OC. The zero-order chi connectivity index (χ0) is 14.3. The third-order valence-electron chi connectivity index (χ3n) is 2.82. The molecule has 106 valence electrons. The Bertz CT molecular complexity index is 415. The van der Waals surface area contributed by atoms with Crippen molar-refractivity contribution in [1.82, 2.24) is 4.90 Å². The maximum absolute atomic E-state index is 12.5. The fourth-order valence-electron chi connectivity index (χ4n) is 1.89. The fourth-order valence-corrected chi connectivity index (χ4v) is 1.89. The molecule has 1 aromatic rings. The number of methoxy groups -OCH3 is 2. The minimum Gasteiger partial charge on any atom is -0.497 e. The van der Waals surface area contributed by atoms with Crippen LogP contribution < -0.4 is 15.2 Å². The van der Waals surface area contributed by atoms with Crippen LogP contribution in [0.3, 0.4) is 0 Å². The van der Waals surface area contributed by atoms with Crippen LogP contribution in [0.25, 0.3) is 0 Å². The van der Waals surface area contributed by atoms with Gasteiger partial charge < -0.3 is 20.1 Å². The van der Waals surface area contributed by atoms with Gasteiger partial charge in [-0.1, -0.05) is 6.92 Å². The fraction of sp³-hybridized carbons (Fsp3) is 0.500. The van der Waals surface area contributed by atoms with Gasteiger partial charge in [0.2, 0.25) is 0 Å². The Labute approximate surface area is 114 Å². The summed E-state index contributed by atoms with van der Waals surface area (Å²) < 4.78 is 10.4. The van der Waals surface area contributed by atoms with E-state index in [-0.39, 0.29) is 5.91 Å². The molecule has 1 rings (SSSR count). The molecule has 0 radical (unpaired) electrons. The number of rotatable bonds is 7. The molecule has 5 nitrogen and oxygen atoms in total. The molecule has 0 spiro atoms. The average molecular weight is 266 g/mol. The van der Waals surface area contributed by atoms with E-state index in [0.717, 1.165) is 6.42 Å². The van der Waals surface area contributed by atoms with Gasteiger partial charge >= 0.3 is 0 Å². The monoisotopic (exact) mass is 266 g/mol. The molecular weight excluding hydrogens is 244 g/mol. The Balaban J connectivity index is 3.06. The van der Waals surface area contributed by atoms with E-state index in [2.05, 4.69) is 0 Å². The molecular formula is C14H22N2O3. The van der Waals surface area contributed by atoms with Crippen LogP contribution in [-0.4, -0.2) is 44.7 Å². The predicted octanol–water partition coefficient (Wildman–Crippen LogP) is 1.51. The van der Waals surface area contributed by atoms with E-state index in [1.165, 1.54) is 0 Å². The van der Waals surface area contributed by atoms with Crippen LogP contribution >= 0.6 is 0 Å². The van der Waals surface area contributed by atoms with Crippen molar-refractivity contribution in [3.8, 4) is 11.5 Å². The summed E-state index contributed by atoms with van der Waals surface area (Å²) >= 11 is 0. The number of benzene rings is 1. The molecule has 0 atom stereocenters. The second-order valence-electron chi connectivity index (χ2n) is 4.15. The molecule has 1 amide bonds. The van der Waals surface area contributed by atoms with Gasteiger partial charge in [0.05, 0.1) is 19.8 Å². The molecule has 0 aliphatic heterocycles. The molecule has 0 unspecified atom stereocenters. The summed E-state index contributed by atoms with van der Waals surface area (Å²) in [6.07, 6.45) is 0.887. The molecule has 0 saturated heterocycles. The zero-order valence-corrected chi connectivity index (χ0v) is 11.8. The summed E-state index contributed by atoms with van der Waals surface area (Å²) in [6, 6.07) is 5.20. The highest BCUT2D eigenvalue weighted by molar-refractivity contribution is 5.97. The maximum atomic E-state index is 12.5. The molecule has 0 aliphatic rings. The average Bonchev–Trinajstić information content (AvgIpc) is 2.45. The third-order valence-corrected chi connectivity index (χ3v) is 2.82. The lowest BCUT2D eigenvalue weighted by atomic mass is 10.1. The van der Waals surface area contributed by atoms with E-state index in [1.54, 1.807) is 37.3 Å². The normalized spacial score (nSPS) is 10.1.